The highest BCUT2D eigenvalue weighted by molar-refractivity contribution is 7.80. The highest BCUT2D eigenvalue weighted by Gasteiger charge is 2.13. The Kier molecular flexibility index (Phi) is 10.8. The van der Waals surface area contributed by atoms with Crippen LogP contribution in [0.25, 0.3) is 0 Å². The van der Waals surface area contributed by atoms with Crippen LogP contribution >= 0.6 is 23.6 Å². The lowest BCUT2D eigenvalue weighted by atomic mass is 10.2. The molecule has 7 heteroatoms. The number of carbonyl (C=O) groups is 1. The Morgan fingerprint density at radius 3 is 2.47 bits per heavy atom. The molecule has 0 radical (unpaired) electrons. The van der Waals surface area contributed by atoms with Gasteiger partial charge in [0.15, 0.2) is 5.11 Å². The van der Waals surface area contributed by atoms with Crippen LogP contribution < -0.4 is 5.32 Å². The summed E-state index contributed by atoms with van der Waals surface area (Å²) >= 11 is 7.46. The number of nitrogens with one attached hydrogen (secondary N) is 1. The molecule has 0 amide bonds. The predicted octanol–water partition coefficient (Wildman–Crippen LogP) is 5.25. The van der Waals surface area contributed by atoms with Crippen LogP contribution in [0.3, 0.4) is 0 Å². The Balaban J connectivity index is 1.95. The third kappa shape index (κ3) is 8.42. The Labute approximate surface area is 190 Å². The molecule has 0 atom stereocenters. The minimum absolute atomic E-state index is 0.307. The van der Waals surface area contributed by atoms with Crippen LogP contribution in [0.2, 0.25) is 0 Å². The molecule has 5 nitrogen and oxygen atoms in total. The van der Waals surface area contributed by atoms with Crippen molar-refractivity contribution in [1.82, 2.24) is 9.80 Å². The van der Waals surface area contributed by atoms with Gasteiger partial charge in [-0.15, -0.1) is 11.3 Å². The fourth-order valence-electron chi connectivity index (χ4n) is 3.02. The van der Waals surface area contributed by atoms with Gasteiger partial charge in [-0.1, -0.05) is 19.4 Å². The summed E-state index contributed by atoms with van der Waals surface area (Å²) in [5.74, 6) is -0.307. The quantitative estimate of drug-likeness (QED) is 0.354. The summed E-state index contributed by atoms with van der Waals surface area (Å²) in [7, 11) is 2.18. The molecule has 0 saturated carbocycles. The van der Waals surface area contributed by atoms with E-state index in [1.807, 2.05) is 12.1 Å². The van der Waals surface area contributed by atoms with Gasteiger partial charge in [0, 0.05) is 17.1 Å². The highest BCUT2D eigenvalue weighted by Crippen LogP contribution is 2.16. The Morgan fingerprint density at radius 1 is 1.10 bits per heavy atom. The van der Waals surface area contributed by atoms with Gasteiger partial charge in [0.25, 0.3) is 0 Å². The second-order valence-corrected chi connectivity index (χ2v) is 8.66. The average Bonchev–Trinajstić information content (AvgIpc) is 3.25. The molecule has 2 aromatic rings. The number of carbonyl (C=O) groups excluding carboxylic acids is 1. The lowest BCUT2D eigenvalue weighted by Crippen LogP contribution is -2.36. The number of esters is 1. The topological polar surface area (TPSA) is 44.8 Å². The van der Waals surface area contributed by atoms with E-state index < -0.39 is 0 Å². The lowest BCUT2D eigenvalue weighted by Gasteiger charge is -2.26. The molecule has 2 rings (SSSR count). The molecule has 0 bridgehead atoms. The molecule has 0 unspecified atom stereocenters. The van der Waals surface area contributed by atoms with Crippen LogP contribution in [0.4, 0.5) is 5.69 Å². The zero-order valence-electron chi connectivity index (χ0n) is 18.2. The van der Waals surface area contributed by atoms with Crippen molar-refractivity contribution < 1.29 is 9.53 Å². The van der Waals surface area contributed by atoms with E-state index in [0.29, 0.717) is 17.3 Å². The molecule has 0 aliphatic carbocycles. The first kappa shape index (κ1) is 24.3. The lowest BCUT2D eigenvalue weighted by molar-refractivity contribution is 0.0526. The van der Waals surface area contributed by atoms with E-state index in [4.69, 9.17) is 17.0 Å². The van der Waals surface area contributed by atoms with Gasteiger partial charge < -0.3 is 19.9 Å². The van der Waals surface area contributed by atoms with Gasteiger partial charge in [-0.2, -0.15) is 0 Å². The van der Waals surface area contributed by atoms with Crippen LogP contribution in [0.15, 0.2) is 41.8 Å². The number of hydrogen-bond acceptors (Lipinski definition) is 5. The predicted molar refractivity (Wildman–Crippen MR) is 130 cm³/mol. The van der Waals surface area contributed by atoms with Gasteiger partial charge >= 0.3 is 5.97 Å². The number of rotatable bonds is 12. The third-order valence-corrected chi connectivity index (χ3v) is 5.94. The molecule has 1 heterocycles. The van der Waals surface area contributed by atoms with E-state index in [0.717, 1.165) is 38.3 Å². The van der Waals surface area contributed by atoms with Gasteiger partial charge in [0.05, 0.1) is 18.7 Å². The van der Waals surface area contributed by atoms with Crippen molar-refractivity contribution in [2.75, 3.05) is 38.6 Å². The fraction of sp³-hybridized carbons (Fsp3) is 0.478. The summed E-state index contributed by atoms with van der Waals surface area (Å²) in [5.41, 5.74) is 1.41. The third-order valence-electron chi connectivity index (χ3n) is 4.72. The molecule has 0 aliphatic heterocycles. The maximum absolute atomic E-state index is 11.8. The van der Waals surface area contributed by atoms with E-state index in [1.165, 1.54) is 17.7 Å². The molecule has 1 N–H and O–H groups in total. The number of anilines is 1. The summed E-state index contributed by atoms with van der Waals surface area (Å²) < 4.78 is 5.04. The van der Waals surface area contributed by atoms with Crippen LogP contribution in [-0.4, -0.2) is 54.2 Å². The molecular formula is C23H33N3O2S2. The van der Waals surface area contributed by atoms with Gasteiger partial charge in [0.1, 0.15) is 0 Å². The second-order valence-electron chi connectivity index (χ2n) is 7.24. The standard InChI is InChI=1S/C23H33N3O2S2/c1-4-6-14-25(3)15-8-16-26(18-21-9-7-17-30-21)23(29)24-20-12-10-19(11-13-20)22(27)28-5-2/h7,9-13,17H,4-6,8,14-16,18H2,1-3H3,(H,24,29). The summed E-state index contributed by atoms with van der Waals surface area (Å²) in [6, 6.07) is 11.5. The van der Waals surface area contributed by atoms with E-state index in [9.17, 15) is 4.79 Å². The molecule has 164 valence electrons. The molecule has 0 aliphatic rings. The van der Waals surface area contributed by atoms with Crippen molar-refractivity contribution >= 4 is 40.3 Å². The zero-order chi connectivity index (χ0) is 21.8. The highest BCUT2D eigenvalue weighted by atomic mass is 32.1. The van der Waals surface area contributed by atoms with E-state index in [2.05, 4.69) is 46.6 Å². The number of unbranched alkanes of at least 4 members (excludes halogenated alkanes) is 1. The van der Waals surface area contributed by atoms with Gasteiger partial charge in [-0.3, -0.25) is 0 Å². The zero-order valence-corrected chi connectivity index (χ0v) is 19.9. The number of benzene rings is 1. The van der Waals surface area contributed by atoms with Crippen LogP contribution in [0, 0.1) is 0 Å². The van der Waals surface area contributed by atoms with Crippen LogP contribution in [0.1, 0.15) is 48.3 Å². The van der Waals surface area contributed by atoms with Crippen molar-refractivity contribution in [3.05, 3.63) is 52.2 Å². The van der Waals surface area contributed by atoms with Gasteiger partial charge in [0.2, 0.25) is 0 Å². The van der Waals surface area contributed by atoms with Crippen LogP contribution in [0.5, 0.6) is 0 Å². The number of nitrogens with zero attached hydrogens (tertiary/aromatic N) is 2. The summed E-state index contributed by atoms with van der Waals surface area (Å²) in [5, 5.41) is 6.11. The maximum Gasteiger partial charge on any atom is 0.338 e. The van der Waals surface area contributed by atoms with Crippen molar-refractivity contribution in [3.8, 4) is 0 Å². The fourth-order valence-corrected chi connectivity index (χ4v) is 4.01. The number of ether oxygens (including phenoxy) is 1. The van der Waals surface area contributed by atoms with Crippen molar-refractivity contribution in [3.63, 3.8) is 0 Å². The minimum atomic E-state index is -0.307. The normalized spacial score (nSPS) is 10.8. The Hall–Kier alpha value is -1.96. The number of thiocarbonyl (C=S) groups is 1. The molecular weight excluding hydrogens is 414 g/mol. The van der Waals surface area contributed by atoms with E-state index >= 15 is 0 Å². The van der Waals surface area contributed by atoms with Gasteiger partial charge in [-0.05, 0) is 87.8 Å². The smallest absolute Gasteiger partial charge is 0.338 e. The Morgan fingerprint density at radius 2 is 1.83 bits per heavy atom. The maximum atomic E-state index is 11.8. The largest absolute Gasteiger partial charge is 0.462 e. The monoisotopic (exact) mass is 447 g/mol. The summed E-state index contributed by atoms with van der Waals surface area (Å²) in [6.45, 7) is 8.27. The van der Waals surface area contributed by atoms with Crippen molar-refractivity contribution in [1.29, 1.82) is 0 Å². The number of hydrogen-bond donors (Lipinski definition) is 1. The molecule has 30 heavy (non-hydrogen) atoms. The average molecular weight is 448 g/mol. The van der Waals surface area contributed by atoms with Crippen molar-refractivity contribution in [2.24, 2.45) is 0 Å². The minimum Gasteiger partial charge on any atom is -0.462 e. The first-order valence-corrected chi connectivity index (χ1v) is 11.9. The molecule has 0 spiro atoms. The van der Waals surface area contributed by atoms with E-state index in [-0.39, 0.29) is 5.97 Å². The first-order valence-electron chi connectivity index (χ1n) is 10.6. The molecule has 1 aromatic heterocycles. The SMILES string of the molecule is CCCCN(C)CCCN(Cc1cccs1)C(=S)Nc1ccc(C(=O)OCC)cc1. The van der Waals surface area contributed by atoms with E-state index in [1.54, 1.807) is 30.4 Å². The molecule has 0 fully saturated rings. The summed E-state index contributed by atoms with van der Waals surface area (Å²) in [6.07, 6.45) is 3.50. The number of thiophene rings is 1. The van der Waals surface area contributed by atoms with Gasteiger partial charge in [-0.25, -0.2) is 4.79 Å². The van der Waals surface area contributed by atoms with Crippen molar-refractivity contribution in [2.45, 2.75) is 39.7 Å². The Bertz CT molecular complexity index is 763. The molecule has 0 saturated heterocycles. The van der Waals surface area contributed by atoms with Crippen LogP contribution in [-0.2, 0) is 11.3 Å². The summed E-state index contributed by atoms with van der Waals surface area (Å²) in [4.78, 5) is 17.7. The second kappa shape index (κ2) is 13.4. The molecule has 1 aromatic carbocycles. The first-order chi connectivity index (χ1) is 14.5.